The van der Waals surface area contributed by atoms with E-state index in [2.05, 4.69) is 29.4 Å². The van der Waals surface area contributed by atoms with Crippen molar-refractivity contribution in [1.29, 1.82) is 0 Å². The highest BCUT2D eigenvalue weighted by atomic mass is 32.2. The second-order valence-electron chi connectivity index (χ2n) is 4.56. The summed E-state index contributed by atoms with van der Waals surface area (Å²) in [6.45, 7) is 4.11. The van der Waals surface area contributed by atoms with Crippen LogP contribution in [0.15, 0.2) is 33.9 Å². The first-order valence-corrected chi connectivity index (χ1v) is 8.04. The molecule has 112 valence electrons. The molecular weight excluding hydrogens is 286 g/mol. The summed E-state index contributed by atoms with van der Waals surface area (Å²) in [5, 5.41) is 11.2. The molecule has 0 bridgehead atoms. The van der Waals surface area contributed by atoms with Crippen LogP contribution in [0.2, 0.25) is 0 Å². The van der Waals surface area contributed by atoms with Crippen molar-refractivity contribution in [2.75, 3.05) is 11.1 Å². The van der Waals surface area contributed by atoms with Crippen molar-refractivity contribution in [2.24, 2.45) is 0 Å². The van der Waals surface area contributed by atoms with Crippen LogP contribution in [-0.2, 0) is 17.6 Å². The first-order valence-electron chi connectivity index (χ1n) is 7.05. The molecule has 0 spiro atoms. The molecule has 0 saturated heterocycles. The van der Waals surface area contributed by atoms with Gasteiger partial charge in [-0.3, -0.25) is 4.79 Å². The van der Waals surface area contributed by atoms with Gasteiger partial charge in [0.1, 0.15) is 0 Å². The Labute approximate surface area is 128 Å². The van der Waals surface area contributed by atoms with E-state index < -0.39 is 0 Å². The molecule has 21 heavy (non-hydrogen) atoms. The Morgan fingerprint density at radius 3 is 2.86 bits per heavy atom. The van der Waals surface area contributed by atoms with E-state index in [-0.39, 0.29) is 11.7 Å². The molecular formula is C15H19N3O2S. The fourth-order valence-corrected chi connectivity index (χ4v) is 2.46. The molecule has 0 atom stereocenters. The lowest BCUT2D eigenvalue weighted by Gasteiger charge is -2.08. The lowest BCUT2D eigenvalue weighted by atomic mass is 10.1. The largest absolute Gasteiger partial charge is 0.416 e. The van der Waals surface area contributed by atoms with E-state index in [9.17, 15) is 4.79 Å². The van der Waals surface area contributed by atoms with Gasteiger partial charge < -0.3 is 9.73 Å². The number of hydrogen-bond donors (Lipinski definition) is 1. The van der Waals surface area contributed by atoms with E-state index in [4.69, 9.17) is 4.42 Å². The zero-order valence-electron chi connectivity index (χ0n) is 12.3. The summed E-state index contributed by atoms with van der Waals surface area (Å²) in [6, 6.07) is 7.80. The highest BCUT2D eigenvalue weighted by Crippen LogP contribution is 2.19. The van der Waals surface area contributed by atoms with Crippen molar-refractivity contribution in [3.63, 3.8) is 0 Å². The van der Waals surface area contributed by atoms with Crippen molar-refractivity contribution in [1.82, 2.24) is 10.2 Å². The molecule has 0 unspecified atom stereocenters. The van der Waals surface area contributed by atoms with Gasteiger partial charge in [-0.25, -0.2) is 0 Å². The van der Waals surface area contributed by atoms with E-state index in [1.165, 1.54) is 11.8 Å². The van der Waals surface area contributed by atoms with Gasteiger partial charge in [-0.15, -0.1) is 10.2 Å². The Hall–Kier alpha value is -1.82. The number of aromatic nitrogens is 2. The number of thioether (sulfide) groups is 1. The van der Waals surface area contributed by atoms with Crippen molar-refractivity contribution in [3.8, 4) is 0 Å². The summed E-state index contributed by atoms with van der Waals surface area (Å²) in [5.74, 6) is 0.805. The number of nitrogens with zero attached hydrogens (tertiary/aromatic N) is 2. The van der Waals surface area contributed by atoms with Gasteiger partial charge >= 0.3 is 0 Å². The Morgan fingerprint density at radius 1 is 1.29 bits per heavy atom. The SMILES string of the molecule is CCCc1nnc(SCC(=O)Nc2ccccc2CC)o1. The van der Waals surface area contributed by atoms with E-state index in [1.54, 1.807) is 0 Å². The standard InChI is InChI=1S/C15H19N3O2S/c1-3-7-14-17-18-15(20-14)21-10-13(19)16-12-9-6-5-8-11(12)4-2/h5-6,8-9H,3-4,7,10H2,1-2H3,(H,16,19). The number of amides is 1. The van der Waals surface area contributed by atoms with Crippen LogP contribution in [0.3, 0.4) is 0 Å². The van der Waals surface area contributed by atoms with Crippen molar-refractivity contribution < 1.29 is 9.21 Å². The van der Waals surface area contributed by atoms with Crippen LogP contribution in [0.25, 0.3) is 0 Å². The number of benzene rings is 1. The predicted octanol–water partition coefficient (Wildman–Crippen LogP) is 3.32. The highest BCUT2D eigenvalue weighted by molar-refractivity contribution is 7.99. The number of para-hydroxylation sites is 1. The van der Waals surface area contributed by atoms with Crippen LogP contribution in [-0.4, -0.2) is 21.9 Å². The van der Waals surface area contributed by atoms with Gasteiger partial charge in [0.25, 0.3) is 5.22 Å². The fraction of sp³-hybridized carbons (Fsp3) is 0.400. The molecule has 0 saturated carbocycles. The van der Waals surface area contributed by atoms with E-state index in [1.807, 2.05) is 24.3 Å². The molecule has 1 amide bonds. The Morgan fingerprint density at radius 2 is 2.10 bits per heavy atom. The second kappa shape index (κ2) is 7.83. The molecule has 0 radical (unpaired) electrons. The van der Waals surface area contributed by atoms with Crippen LogP contribution in [0.5, 0.6) is 0 Å². The molecule has 0 aliphatic heterocycles. The van der Waals surface area contributed by atoms with E-state index >= 15 is 0 Å². The summed E-state index contributed by atoms with van der Waals surface area (Å²) in [5.41, 5.74) is 1.99. The molecule has 1 aromatic heterocycles. The minimum absolute atomic E-state index is 0.0730. The summed E-state index contributed by atoms with van der Waals surface area (Å²) in [4.78, 5) is 12.0. The van der Waals surface area contributed by atoms with Gasteiger partial charge in [0.15, 0.2) is 0 Å². The van der Waals surface area contributed by atoms with Gasteiger partial charge in [-0.1, -0.05) is 43.8 Å². The van der Waals surface area contributed by atoms with Crippen molar-refractivity contribution in [2.45, 2.75) is 38.3 Å². The van der Waals surface area contributed by atoms with E-state index in [0.717, 1.165) is 30.5 Å². The molecule has 0 aliphatic rings. The lowest BCUT2D eigenvalue weighted by molar-refractivity contribution is -0.113. The maximum Gasteiger partial charge on any atom is 0.277 e. The van der Waals surface area contributed by atoms with Crippen molar-refractivity contribution in [3.05, 3.63) is 35.7 Å². The molecule has 1 aromatic carbocycles. The first kappa shape index (κ1) is 15.6. The summed E-state index contributed by atoms with van der Waals surface area (Å²) < 4.78 is 5.43. The number of nitrogens with one attached hydrogen (secondary N) is 1. The average Bonchev–Trinajstić information content (AvgIpc) is 2.94. The molecule has 1 N–H and O–H groups in total. The average molecular weight is 305 g/mol. The number of carbonyl (C=O) groups is 1. The molecule has 2 aromatic rings. The highest BCUT2D eigenvalue weighted by Gasteiger charge is 2.10. The minimum atomic E-state index is -0.0730. The third-order valence-electron chi connectivity index (χ3n) is 2.91. The smallest absolute Gasteiger partial charge is 0.277 e. The van der Waals surface area contributed by atoms with Gasteiger partial charge in [0, 0.05) is 12.1 Å². The fourth-order valence-electron chi connectivity index (χ4n) is 1.88. The van der Waals surface area contributed by atoms with Crippen LogP contribution >= 0.6 is 11.8 Å². The molecule has 2 rings (SSSR count). The third kappa shape index (κ3) is 4.60. The van der Waals surface area contributed by atoms with Crippen LogP contribution < -0.4 is 5.32 Å². The van der Waals surface area contributed by atoms with Gasteiger partial charge in [0.05, 0.1) is 5.75 Å². The Balaban J connectivity index is 1.86. The topological polar surface area (TPSA) is 68.0 Å². The molecule has 0 fully saturated rings. The van der Waals surface area contributed by atoms with Crippen LogP contribution in [0.1, 0.15) is 31.7 Å². The molecule has 1 heterocycles. The molecule has 5 nitrogen and oxygen atoms in total. The minimum Gasteiger partial charge on any atom is -0.416 e. The maximum atomic E-state index is 12.0. The van der Waals surface area contributed by atoms with Crippen molar-refractivity contribution >= 4 is 23.4 Å². The first-order chi connectivity index (χ1) is 10.2. The third-order valence-corrected chi connectivity index (χ3v) is 3.73. The number of anilines is 1. The molecule has 0 aliphatic carbocycles. The Bertz CT molecular complexity index is 598. The van der Waals surface area contributed by atoms with Gasteiger partial charge in [-0.05, 0) is 24.5 Å². The van der Waals surface area contributed by atoms with Gasteiger partial charge in [0.2, 0.25) is 11.8 Å². The van der Waals surface area contributed by atoms with E-state index in [0.29, 0.717) is 11.1 Å². The van der Waals surface area contributed by atoms with Crippen LogP contribution in [0.4, 0.5) is 5.69 Å². The predicted molar refractivity (Wildman–Crippen MR) is 83.5 cm³/mol. The second-order valence-corrected chi connectivity index (χ2v) is 5.49. The summed E-state index contributed by atoms with van der Waals surface area (Å²) >= 11 is 1.26. The van der Waals surface area contributed by atoms with Crippen LogP contribution in [0, 0.1) is 0 Å². The molecule has 6 heteroatoms. The number of hydrogen-bond acceptors (Lipinski definition) is 5. The quantitative estimate of drug-likeness (QED) is 0.795. The monoisotopic (exact) mass is 305 g/mol. The lowest BCUT2D eigenvalue weighted by Crippen LogP contribution is -2.15. The van der Waals surface area contributed by atoms with Gasteiger partial charge in [-0.2, -0.15) is 0 Å². The zero-order valence-corrected chi connectivity index (χ0v) is 13.1. The number of carbonyl (C=O) groups excluding carboxylic acids is 1. The summed E-state index contributed by atoms with van der Waals surface area (Å²) in [7, 11) is 0. The number of aryl methyl sites for hydroxylation is 2. The number of rotatable bonds is 7. The maximum absolute atomic E-state index is 12.0. The Kier molecular flexibility index (Phi) is 5.80. The summed E-state index contributed by atoms with van der Waals surface area (Å²) in [6.07, 6.45) is 2.61. The normalized spacial score (nSPS) is 10.6. The zero-order chi connectivity index (χ0) is 15.1.